The molecule has 0 aromatic rings. The maximum atomic E-state index is 11.1. The van der Waals surface area contributed by atoms with Crippen LogP contribution in [0.4, 0.5) is 0 Å². The van der Waals surface area contributed by atoms with Crippen molar-refractivity contribution < 1.29 is 9.53 Å². The summed E-state index contributed by atoms with van der Waals surface area (Å²) < 4.78 is 4.81. The van der Waals surface area contributed by atoms with Gasteiger partial charge in [-0.2, -0.15) is 0 Å². The molecule has 0 aliphatic heterocycles. The van der Waals surface area contributed by atoms with Crippen LogP contribution >= 0.6 is 0 Å². The molecule has 0 fully saturated rings. The van der Waals surface area contributed by atoms with Crippen LogP contribution in [0.2, 0.25) is 0 Å². The number of carbonyl (C=O) groups is 1. The van der Waals surface area contributed by atoms with Crippen molar-refractivity contribution in [2.75, 3.05) is 33.4 Å². The van der Waals surface area contributed by atoms with Gasteiger partial charge in [0.15, 0.2) is 0 Å². The Labute approximate surface area is 86.4 Å². The Morgan fingerprint density at radius 3 is 2.64 bits per heavy atom. The van der Waals surface area contributed by atoms with E-state index < -0.39 is 0 Å². The molecule has 0 saturated heterocycles. The molecule has 4 nitrogen and oxygen atoms in total. The molecule has 0 radical (unpaired) electrons. The molecule has 84 valence electrons. The van der Waals surface area contributed by atoms with Crippen LogP contribution in [0.1, 0.15) is 20.3 Å². The monoisotopic (exact) mass is 202 g/mol. The van der Waals surface area contributed by atoms with Crippen molar-refractivity contribution in [2.24, 2.45) is 5.92 Å². The lowest BCUT2D eigenvalue weighted by Gasteiger charge is -2.07. The van der Waals surface area contributed by atoms with Crippen molar-refractivity contribution in [3.63, 3.8) is 0 Å². The molecule has 0 aliphatic carbocycles. The van der Waals surface area contributed by atoms with Gasteiger partial charge in [-0.3, -0.25) is 4.79 Å². The summed E-state index contributed by atoms with van der Waals surface area (Å²) in [5.74, 6) is 0.713. The van der Waals surface area contributed by atoms with Crippen LogP contribution in [-0.2, 0) is 9.53 Å². The van der Waals surface area contributed by atoms with E-state index in [4.69, 9.17) is 4.74 Å². The van der Waals surface area contributed by atoms with Gasteiger partial charge in [0, 0.05) is 13.7 Å². The maximum Gasteiger partial charge on any atom is 0.234 e. The highest BCUT2D eigenvalue weighted by Crippen LogP contribution is 1.95. The summed E-state index contributed by atoms with van der Waals surface area (Å²) in [5.41, 5.74) is 0. The van der Waals surface area contributed by atoms with Crippen molar-refractivity contribution in [2.45, 2.75) is 20.3 Å². The van der Waals surface area contributed by atoms with Gasteiger partial charge in [0.2, 0.25) is 5.91 Å². The molecule has 14 heavy (non-hydrogen) atoms. The molecule has 2 N–H and O–H groups in total. The molecular weight excluding hydrogens is 180 g/mol. The standard InChI is InChI=1S/C10H22N2O2/c1-9(2)4-5-11-8-10(13)12-6-7-14-3/h9,11H,4-8H2,1-3H3,(H,12,13). The number of hydrogen-bond acceptors (Lipinski definition) is 3. The second-order valence-electron chi connectivity index (χ2n) is 3.70. The van der Waals surface area contributed by atoms with Gasteiger partial charge in [0.1, 0.15) is 0 Å². The molecule has 0 bridgehead atoms. The maximum absolute atomic E-state index is 11.1. The molecule has 0 rings (SSSR count). The molecule has 0 aliphatic rings. The lowest BCUT2D eigenvalue weighted by atomic mass is 10.1. The first-order chi connectivity index (χ1) is 6.66. The molecule has 4 heteroatoms. The summed E-state index contributed by atoms with van der Waals surface area (Å²) in [4.78, 5) is 11.1. The van der Waals surface area contributed by atoms with Gasteiger partial charge in [-0.25, -0.2) is 0 Å². The number of hydrogen-bond donors (Lipinski definition) is 2. The van der Waals surface area contributed by atoms with E-state index >= 15 is 0 Å². The minimum atomic E-state index is 0.0332. The van der Waals surface area contributed by atoms with Gasteiger partial charge in [-0.15, -0.1) is 0 Å². The fourth-order valence-corrected chi connectivity index (χ4v) is 0.948. The van der Waals surface area contributed by atoms with E-state index in [0.29, 0.717) is 25.6 Å². The molecule has 0 unspecified atom stereocenters. The van der Waals surface area contributed by atoms with Gasteiger partial charge in [0.05, 0.1) is 13.2 Å². The highest BCUT2D eigenvalue weighted by atomic mass is 16.5. The molecule has 0 heterocycles. The third kappa shape index (κ3) is 9.48. The van der Waals surface area contributed by atoms with Crippen LogP contribution in [0.5, 0.6) is 0 Å². The third-order valence-electron chi connectivity index (χ3n) is 1.81. The molecule has 0 spiro atoms. The first-order valence-corrected chi connectivity index (χ1v) is 5.13. The van der Waals surface area contributed by atoms with Gasteiger partial charge in [-0.05, 0) is 18.9 Å². The van der Waals surface area contributed by atoms with E-state index in [-0.39, 0.29) is 5.91 Å². The molecule has 1 amide bonds. The van der Waals surface area contributed by atoms with Crippen molar-refractivity contribution in [3.8, 4) is 0 Å². The van der Waals surface area contributed by atoms with E-state index in [9.17, 15) is 4.79 Å². The normalized spacial score (nSPS) is 10.6. The van der Waals surface area contributed by atoms with E-state index in [1.165, 1.54) is 0 Å². The average molecular weight is 202 g/mol. The van der Waals surface area contributed by atoms with Crippen LogP contribution in [0.25, 0.3) is 0 Å². The van der Waals surface area contributed by atoms with Gasteiger partial charge >= 0.3 is 0 Å². The molecular formula is C10H22N2O2. The molecule has 0 saturated carbocycles. The van der Waals surface area contributed by atoms with E-state index in [1.807, 2.05) is 0 Å². The second kappa shape index (κ2) is 8.97. The van der Waals surface area contributed by atoms with Crippen molar-refractivity contribution in [1.82, 2.24) is 10.6 Å². The minimum absolute atomic E-state index is 0.0332. The number of ether oxygens (including phenoxy) is 1. The Morgan fingerprint density at radius 2 is 2.07 bits per heavy atom. The van der Waals surface area contributed by atoms with Crippen LogP contribution in [0.3, 0.4) is 0 Å². The summed E-state index contributed by atoms with van der Waals surface area (Å²) in [7, 11) is 1.62. The van der Waals surface area contributed by atoms with Crippen molar-refractivity contribution in [1.29, 1.82) is 0 Å². The van der Waals surface area contributed by atoms with Crippen molar-refractivity contribution in [3.05, 3.63) is 0 Å². The largest absolute Gasteiger partial charge is 0.383 e. The quantitative estimate of drug-likeness (QED) is 0.560. The second-order valence-corrected chi connectivity index (χ2v) is 3.70. The first kappa shape index (κ1) is 13.4. The zero-order chi connectivity index (χ0) is 10.8. The number of methoxy groups -OCH3 is 1. The summed E-state index contributed by atoms with van der Waals surface area (Å²) in [6.45, 7) is 6.78. The Hall–Kier alpha value is -0.610. The van der Waals surface area contributed by atoms with Crippen LogP contribution in [0.15, 0.2) is 0 Å². The molecule has 0 aromatic heterocycles. The predicted molar refractivity (Wildman–Crippen MR) is 57.2 cm³/mol. The molecule has 0 atom stereocenters. The SMILES string of the molecule is COCCNC(=O)CNCCC(C)C. The summed E-state index contributed by atoms with van der Waals surface area (Å²) in [6.07, 6.45) is 1.10. The Morgan fingerprint density at radius 1 is 1.36 bits per heavy atom. The Balaban J connectivity index is 3.18. The predicted octanol–water partition coefficient (Wildman–Crippen LogP) is 0.385. The van der Waals surface area contributed by atoms with Gasteiger partial charge < -0.3 is 15.4 Å². The van der Waals surface area contributed by atoms with Gasteiger partial charge in [0.25, 0.3) is 0 Å². The summed E-state index contributed by atoms with van der Waals surface area (Å²) >= 11 is 0. The van der Waals surface area contributed by atoms with Crippen molar-refractivity contribution >= 4 is 5.91 Å². The fourth-order valence-electron chi connectivity index (χ4n) is 0.948. The zero-order valence-electron chi connectivity index (χ0n) is 9.43. The number of carbonyl (C=O) groups excluding carboxylic acids is 1. The van der Waals surface area contributed by atoms with Crippen LogP contribution in [0, 0.1) is 5.92 Å². The highest BCUT2D eigenvalue weighted by molar-refractivity contribution is 5.77. The van der Waals surface area contributed by atoms with E-state index in [0.717, 1.165) is 13.0 Å². The number of nitrogens with one attached hydrogen (secondary N) is 2. The lowest BCUT2D eigenvalue weighted by Crippen LogP contribution is -2.36. The van der Waals surface area contributed by atoms with E-state index in [2.05, 4.69) is 24.5 Å². The van der Waals surface area contributed by atoms with E-state index in [1.54, 1.807) is 7.11 Å². The van der Waals surface area contributed by atoms with Crippen LogP contribution in [-0.4, -0.2) is 39.3 Å². The fraction of sp³-hybridized carbons (Fsp3) is 0.900. The highest BCUT2D eigenvalue weighted by Gasteiger charge is 1.99. The van der Waals surface area contributed by atoms with Gasteiger partial charge in [-0.1, -0.05) is 13.8 Å². The summed E-state index contributed by atoms with van der Waals surface area (Å²) in [6, 6.07) is 0. The minimum Gasteiger partial charge on any atom is -0.383 e. The average Bonchev–Trinajstić information content (AvgIpc) is 2.13. The van der Waals surface area contributed by atoms with Crippen LogP contribution < -0.4 is 10.6 Å². The zero-order valence-corrected chi connectivity index (χ0v) is 9.43. The Bertz CT molecular complexity index is 149. The summed E-state index contributed by atoms with van der Waals surface area (Å²) in [5, 5.41) is 5.84. The molecule has 0 aromatic carbocycles. The topological polar surface area (TPSA) is 50.4 Å². The Kier molecular flexibility index (Phi) is 8.57. The smallest absolute Gasteiger partial charge is 0.234 e. The first-order valence-electron chi connectivity index (χ1n) is 5.13. The number of amides is 1. The lowest BCUT2D eigenvalue weighted by molar-refractivity contribution is -0.120. The third-order valence-corrected chi connectivity index (χ3v) is 1.81. The number of rotatable bonds is 8.